The molecule has 1 aromatic heterocycles. The maximum absolute atomic E-state index is 6.89. The maximum Gasteiger partial charge on any atom is 0.136 e. The van der Waals surface area contributed by atoms with Gasteiger partial charge in [-0.3, -0.25) is 0 Å². The fourth-order valence-corrected chi connectivity index (χ4v) is 11.4. The summed E-state index contributed by atoms with van der Waals surface area (Å²) in [7, 11) is 0. The molecule has 10 aromatic carbocycles. The SMILES string of the molecule is CC1(C)c2ccccc2-c2ccc(N(c3ccc(-c4ccccc4)cc3)c3ccc(-c4ccc5c(c4)oc4cc6c(cc45)-c4ccccc4C6(c4ccccc4)c4ccccc4)cc3)cc21. The average Bonchev–Trinajstić information content (AvgIpc) is 3.97. The molecule has 0 atom stereocenters. The summed E-state index contributed by atoms with van der Waals surface area (Å²) in [5.74, 6) is 0. The Hall–Kier alpha value is -8.20. The van der Waals surface area contributed by atoms with Crippen molar-refractivity contribution < 1.29 is 4.42 Å². The van der Waals surface area contributed by atoms with E-state index in [-0.39, 0.29) is 5.41 Å². The van der Waals surface area contributed by atoms with Crippen molar-refractivity contribution in [3.63, 3.8) is 0 Å². The van der Waals surface area contributed by atoms with Gasteiger partial charge < -0.3 is 9.32 Å². The smallest absolute Gasteiger partial charge is 0.136 e. The Labute approximate surface area is 385 Å². The molecule has 0 aliphatic heterocycles. The molecule has 2 aliphatic carbocycles. The molecule has 0 amide bonds. The van der Waals surface area contributed by atoms with Crippen LogP contribution in [0.4, 0.5) is 17.1 Å². The van der Waals surface area contributed by atoms with Crippen molar-refractivity contribution in [2.45, 2.75) is 24.7 Å². The number of rotatable bonds is 7. The molecule has 2 heteroatoms. The van der Waals surface area contributed by atoms with Crippen molar-refractivity contribution >= 4 is 39.0 Å². The molecule has 0 radical (unpaired) electrons. The third-order valence-electron chi connectivity index (χ3n) is 14.6. The summed E-state index contributed by atoms with van der Waals surface area (Å²) >= 11 is 0. The van der Waals surface area contributed by atoms with Gasteiger partial charge in [0.05, 0.1) is 5.41 Å². The van der Waals surface area contributed by atoms with Crippen LogP contribution in [0.1, 0.15) is 47.2 Å². The summed E-state index contributed by atoms with van der Waals surface area (Å²) in [6.45, 7) is 4.70. The molecule has 0 fully saturated rings. The predicted octanol–water partition coefficient (Wildman–Crippen LogP) is 17.1. The summed E-state index contributed by atoms with van der Waals surface area (Å²) in [5, 5.41) is 2.25. The van der Waals surface area contributed by atoms with Crippen molar-refractivity contribution in [3.05, 3.63) is 270 Å². The highest BCUT2D eigenvalue weighted by Gasteiger charge is 2.46. The minimum absolute atomic E-state index is 0.110. The topological polar surface area (TPSA) is 16.4 Å². The standard InChI is InChI=1S/C64H45NO/c1-63(2)57-24-14-12-22-51(57)53-37-35-50(39-59(53)63)65(48-31-26-43(27-32-48)42-16-6-3-7-17-42)49-33-28-44(29-34-49)45-30-36-54-56-40-55-52-23-13-15-25-58(52)64(46-18-8-4-9-19-46,47-20-10-5-11-21-47)60(55)41-62(56)66-61(54)38-45/h3-41H,1-2H3. The Kier molecular flexibility index (Phi) is 8.51. The van der Waals surface area contributed by atoms with Crippen molar-refractivity contribution in [3.8, 4) is 44.5 Å². The second-order valence-corrected chi connectivity index (χ2v) is 18.4. The van der Waals surface area contributed by atoms with E-state index in [0.717, 1.165) is 50.1 Å². The zero-order chi connectivity index (χ0) is 44.0. The molecule has 0 saturated carbocycles. The highest BCUT2D eigenvalue weighted by atomic mass is 16.3. The Bertz CT molecular complexity index is 3600. The van der Waals surface area contributed by atoms with Crippen molar-refractivity contribution in [2.24, 2.45) is 0 Å². The second-order valence-electron chi connectivity index (χ2n) is 18.4. The second kappa shape index (κ2) is 14.7. The van der Waals surface area contributed by atoms with Gasteiger partial charge >= 0.3 is 0 Å². The molecule has 11 aromatic rings. The van der Waals surface area contributed by atoms with Crippen LogP contribution in [0.3, 0.4) is 0 Å². The van der Waals surface area contributed by atoms with E-state index < -0.39 is 5.41 Å². The molecule has 0 bridgehead atoms. The molecule has 0 spiro atoms. The third-order valence-corrected chi connectivity index (χ3v) is 14.6. The quantitative estimate of drug-likeness (QED) is 0.159. The van der Waals surface area contributed by atoms with Crippen LogP contribution in [0, 0.1) is 0 Å². The molecule has 0 unspecified atom stereocenters. The minimum Gasteiger partial charge on any atom is -0.456 e. The molecular formula is C64H45NO. The van der Waals surface area contributed by atoms with Crippen LogP contribution in [-0.2, 0) is 10.8 Å². The first-order chi connectivity index (χ1) is 32.5. The van der Waals surface area contributed by atoms with E-state index in [9.17, 15) is 0 Å². The Morgan fingerprint density at radius 2 is 0.803 bits per heavy atom. The molecule has 0 N–H and O–H groups in total. The van der Waals surface area contributed by atoms with E-state index in [0.29, 0.717) is 0 Å². The number of furan rings is 1. The summed E-state index contributed by atoms with van der Waals surface area (Å²) in [4.78, 5) is 2.39. The summed E-state index contributed by atoms with van der Waals surface area (Å²) in [6, 6.07) is 86.6. The van der Waals surface area contributed by atoms with E-state index in [2.05, 4.69) is 255 Å². The lowest BCUT2D eigenvalue weighted by molar-refractivity contribution is 0.660. The molecule has 13 rings (SSSR count). The van der Waals surface area contributed by atoms with Crippen LogP contribution >= 0.6 is 0 Å². The van der Waals surface area contributed by atoms with E-state index in [4.69, 9.17) is 4.42 Å². The summed E-state index contributed by atoms with van der Waals surface area (Å²) < 4.78 is 6.89. The van der Waals surface area contributed by atoms with Gasteiger partial charge in [0.2, 0.25) is 0 Å². The third kappa shape index (κ3) is 5.68. The molecule has 2 nitrogen and oxygen atoms in total. The maximum atomic E-state index is 6.89. The fourth-order valence-electron chi connectivity index (χ4n) is 11.4. The molecule has 66 heavy (non-hydrogen) atoms. The number of hydrogen-bond acceptors (Lipinski definition) is 2. The van der Waals surface area contributed by atoms with Gasteiger partial charge in [0.25, 0.3) is 0 Å². The number of fused-ring (bicyclic) bond motifs is 9. The van der Waals surface area contributed by atoms with Crippen LogP contribution in [0.5, 0.6) is 0 Å². The van der Waals surface area contributed by atoms with E-state index in [1.165, 1.54) is 66.8 Å². The average molecular weight is 844 g/mol. The summed E-state index contributed by atoms with van der Waals surface area (Å²) in [6.07, 6.45) is 0. The highest BCUT2D eigenvalue weighted by Crippen LogP contribution is 2.57. The van der Waals surface area contributed by atoms with E-state index in [1.807, 2.05) is 0 Å². The summed E-state index contributed by atoms with van der Waals surface area (Å²) in [5.41, 5.74) is 22.1. The van der Waals surface area contributed by atoms with Crippen LogP contribution in [-0.4, -0.2) is 0 Å². The lowest BCUT2D eigenvalue weighted by Gasteiger charge is -2.33. The Morgan fingerprint density at radius 3 is 1.45 bits per heavy atom. The minimum atomic E-state index is -0.479. The molecule has 2 aliphatic rings. The zero-order valence-electron chi connectivity index (χ0n) is 36.9. The predicted molar refractivity (Wildman–Crippen MR) is 274 cm³/mol. The molecule has 0 saturated heterocycles. The highest BCUT2D eigenvalue weighted by molar-refractivity contribution is 6.09. The van der Waals surface area contributed by atoms with Gasteiger partial charge in [0.15, 0.2) is 0 Å². The number of nitrogens with zero attached hydrogens (tertiary/aromatic N) is 1. The van der Waals surface area contributed by atoms with Gasteiger partial charge in [-0.1, -0.05) is 190 Å². The van der Waals surface area contributed by atoms with Gasteiger partial charge in [-0.15, -0.1) is 0 Å². The molecule has 312 valence electrons. The lowest BCUT2D eigenvalue weighted by Crippen LogP contribution is -2.28. The van der Waals surface area contributed by atoms with Crippen LogP contribution < -0.4 is 4.90 Å². The van der Waals surface area contributed by atoms with Crippen molar-refractivity contribution in [2.75, 3.05) is 4.90 Å². The zero-order valence-corrected chi connectivity index (χ0v) is 36.9. The fraction of sp³-hybridized carbons (Fsp3) is 0.0625. The van der Waals surface area contributed by atoms with Crippen molar-refractivity contribution in [1.82, 2.24) is 0 Å². The number of hydrogen-bond donors (Lipinski definition) is 0. The van der Waals surface area contributed by atoms with Crippen molar-refractivity contribution in [1.29, 1.82) is 0 Å². The Balaban J connectivity index is 0.902. The van der Waals surface area contributed by atoms with E-state index >= 15 is 0 Å². The van der Waals surface area contributed by atoms with Gasteiger partial charge in [-0.25, -0.2) is 0 Å². The number of anilines is 3. The number of benzene rings is 10. The van der Waals surface area contributed by atoms with Crippen LogP contribution in [0.15, 0.2) is 241 Å². The van der Waals surface area contributed by atoms with Gasteiger partial charge in [0, 0.05) is 33.2 Å². The molecule has 1 heterocycles. The van der Waals surface area contributed by atoms with Gasteiger partial charge in [-0.05, 0) is 139 Å². The van der Waals surface area contributed by atoms with Crippen LogP contribution in [0.2, 0.25) is 0 Å². The first kappa shape index (κ1) is 38.3. The Morgan fingerprint density at radius 1 is 0.318 bits per heavy atom. The van der Waals surface area contributed by atoms with E-state index in [1.54, 1.807) is 0 Å². The largest absolute Gasteiger partial charge is 0.456 e. The first-order valence-corrected chi connectivity index (χ1v) is 23.0. The molecular weight excluding hydrogens is 799 g/mol. The van der Waals surface area contributed by atoms with Gasteiger partial charge in [-0.2, -0.15) is 0 Å². The first-order valence-electron chi connectivity index (χ1n) is 23.0. The van der Waals surface area contributed by atoms with Gasteiger partial charge in [0.1, 0.15) is 11.2 Å². The van der Waals surface area contributed by atoms with Crippen LogP contribution in [0.25, 0.3) is 66.4 Å². The normalized spacial score (nSPS) is 13.8. The monoisotopic (exact) mass is 843 g/mol. The lowest BCUT2D eigenvalue weighted by atomic mass is 9.67.